The Hall–Kier alpha value is -4.52. The third-order valence-corrected chi connectivity index (χ3v) is 6.26. The number of hydrogen-bond acceptors (Lipinski definition) is 8. The fourth-order valence-electron chi connectivity index (χ4n) is 4.31. The first-order valence-electron chi connectivity index (χ1n) is 12.3. The molecular formula is C27H26F3N5O5. The molecule has 0 saturated carbocycles. The molecule has 0 spiro atoms. The molecule has 4 aromatic rings. The van der Waals surface area contributed by atoms with Crippen molar-refractivity contribution in [1.29, 1.82) is 0 Å². The van der Waals surface area contributed by atoms with E-state index in [1.807, 2.05) is 0 Å². The fraction of sp³-hybridized carbons (Fsp3) is 0.296. The highest BCUT2D eigenvalue weighted by atomic mass is 19.4. The van der Waals surface area contributed by atoms with Crippen molar-refractivity contribution in [3.8, 4) is 28.7 Å². The molecule has 0 aliphatic carbocycles. The van der Waals surface area contributed by atoms with E-state index in [0.717, 1.165) is 13.0 Å². The number of ether oxygens (including phenoxy) is 4. The second-order valence-electron chi connectivity index (χ2n) is 8.99. The Morgan fingerprint density at radius 3 is 2.50 bits per heavy atom. The van der Waals surface area contributed by atoms with Gasteiger partial charge in [0.2, 0.25) is 0 Å². The summed E-state index contributed by atoms with van der Waals surface area (Å²) in [5.74, 6) is 1.14. The summed E-state index contributed by atoms with van der Waals surface area (Å²) in [6, 6.07) is 11.6. The lowest BCUT2D eigenvalue weighted by atomic mass is 10.2. The van der Waals surface area contributed by atoms with Crippen LogP contribution in [0.5, 0.6) is 28.7 Å². The number of benzene rings is 2. The molecule has 1 saturated heterocycles. The van der Waals surface area contributed by atoms with E-state index in [2.05, 4.69) is 20.7 Å². The molecular weight excluding hydrogens is 531 g/mol. The van der Waals surface area contributed by atoms with Gasteiger partial charge in [-0.25, -0.2) is 0 Å². The minimum absolute atomic E-state index is 0.0865. The number of nitrogens with one attached hydrogen (secondary N) is 2. The van der Waals surface area contributed by atoms with E-state index in [0.29, 0.717) is 46.1 Å². The maximum atomic E-state index is 13.0. The number of amides is 1. The van der Waals surface area contributed by atoms with Crippen molar-refractivity contribution in [1.82, 2.24) is 20.1 Å². The lowest BCUT2D eigenvalue weighted by molar-refractivity contribution is -0.153. The molecule has 2 aromatic carbocycles. The van der Waals surface area contributed by atoms with Crippen LogP contribution in [0, 0.1) is 0 Å². The summed E-state index contributed by atoms with van der Waals surface area (Å²) < 4.78 is 61.5. The smallest absolute Gasteiger partial charge is 0.422 e. The van der Waals surface area contributed by atoms with Gasteiger partial charge in [0.05, 0.1) is 32.0 Å². The number of hydrogen-bond donors (Lipinski definition) is 2. The average molecular weight is 558 g/mol. The van der Waals surface area contributed by atoms with E-state index in [1.165, 1.54) is 18.0 Å². The number of nitrogens with zero attached hydrogens (tertiary/aromatic N) is 3. The van der Waals surface area contributed by atoms with Gasteiger partial charge in [-0.15, -0.1) is 0 Å². The van der Waals surface area contributed by atoms with Gasteiger partial charge in [0, 0.05) is 29.9 Å². The van der Waals surface area contributed by atoms with Crippen molar-refractivity contribution in [2.24, 2.45) is 0 Å². The van der Waals surface area contributed by atoms with Crippen LogP contribution in [0.25, 0.3) is 10.9 Å². The summed E-state index contributed by atoms with van der Waals surface area (Å²) in [7, 11) is 3.08. The molecule has 2 aromatic heterocycles. The van der Waals surface area contributed by atoms with Crippen molar-refractivity contribution in [2.45, 2.75) is 18.6 Å². The van der Waals surface area contributed by atoms with Crippen LogP contribution in [0.3, 0.4) is 0 Å². The molecule has 0 bridgehead atoms. The molecule has 1 amide bonds. The van der Waals surface area contributed by atoms with Crippen molar-refractivity contribution < 1.29 is 36.9 Å². The molecule has 13 heteroatoms. The van der Waals surface area contributed by atoms with Gasteiger partial charge in [0.25, 0.3) is 5.91 Å². The summed E-state index contributed by atoms with van der Waals surface area (Å²) in [4.78, 5) is 17.4. The number of alkyl halides is 3. The van der Waals surface area contributed by atoms with E-state index in [4.69, 9.17) is 18.9 Å². The SMILES string of the molecule is COc1cc2nccc(Oc3ccc(NC(=O)c4nn(C5CCNC5)cc4OCC(F)(F)F)cc3)c2cc1OC. The topological polar surface area (TPSA) is 109 Å². The number of fused-ring (bicyclic) bond motifs is 1. The summed E-state index contributed by atoms with van der Waals surface area (Å²) >= 11 is 0. The fourth-order valence-corrected chi connectivity index (χ4v) is 4.31. The van der Waals surface area contributed by atoms with Gasteiger partial charge in [-0.2, -0.15) is 18.3 Å². The van der Waals surface area contributed by atoms with Gasteiger partial charge in [0.15, 0.2) is 29.5 Å². The summed E-state index contributed by atoms with van der Waals surface area (Å²) in [6.45, 7) is -0.192. The second-order valence-corrected chi connectivity index (χ2v) is 8.99. The zero-order chi connectivity index (χ0) is 28.3. The zero-order valence-electron chi connectivity index (χ0n) is 21.6. The molecule has 1 unspecified atom stereocenters. The van der Waals surface area contributed by atoms with Crippen LogP contribution < -0.4 is 29.6 Å². The van der Waals surface area contributed by atoms with Crippen LogP contribution in [-0.4, -0.2) is 60.8 Å². The molecule has 0 radical (unpaired) electrons. The molecule has 1 aliphatic heterocycles. The Bertz CT molecular complexity index is 1500. The molecule has 3 heterocycles. The Kier molecular flexibility index (Phi) is 7.65. The number of aromatic nitrogens is 3. The number of anilines is 1. The van der Waals surface area contributed by atoms with Gasteiger partial charge in [-0.1, -0.05) is 0 Å². The highest BCUT2D eigenvalue weighted by Crippen LogP contribution is 2.37. The third kappa shape index (κ3) is 6.04. The minimum Gasteiger partial charge on any atom is -0.493 e. The maximum Gasteiger partial charge on any atom is 0.422 e. The lowest BCUT2D eigenvalue weighted by Gasteiger charge is -2.13. The van der Waals surface area contributed by atoms with Crippen LogP contribution in [0.15, 0.2) is 54.9 Å². The molecule has 40 heavy (non-hydrogen) atoms. The van der Waals surface area contributed by atoms with Gasteiger partial charge < -0.3 is 29.6 Å². The number of halogens is 3. The van der Waals surface area contributed by atoms with Crippen molar-refractivity contribution in [2.75, 3.05) is 39.2 Å². The van der Waals surface area contributed by atoms with E-state index in [-0.39, 0.29) is 17.5 Å². The Morgan fingerprint density at radius 1 is 1.07 bits per heavy atom. The van der Waals surface area contributed by atoms with Crippen LogP contribution in [0.4, 0.5) is 18.9 Å². The first-order valence-corrected chi connectivity index (χ1v) is 12.3. The third-order valence-electron chi connectivity index (χ3n) is 6.26. The van der Waals surface area contributed by atoms with Gasteiger partial charge in [0.1, 0.15) is 11.5 Å². The van der Waals surface area contributed by atoms with Crippen LogP contribution >= 0.6 is 0 Å². The van der Waals surface area contributed by atoms with Gasteiger partial charge in [-0.3, -0.25) is 14.5 Å². The average Bonchev–Trinajstić information content (AvgIpc) is 3.62. The van der Waals surface area contributed by atoms with Crippen molar-refractivity contribution in [3.63, 3.8) is 0 Å². The Morgan fingerprint density at radius 2 is 1.82 bits per heavy atom. The predicted octanol–water partition coefficient (Wildman–Crippen LogP) is 4.97. The van der Waals surface area contributed by atoms with Gasteiger partial charge >= 0.3 is 6.18 Å². The Balaban J connectivity index is 1.32. The second kappa shape index (κ2) is 11.3. The number of carbonyl (C=O) groups is 1. The number of rotatable bonds is 9. The summed E-state index contributed by atoms with van der Waals surface area (Å²) in [5.41, 5.74) is 0.807. The van der Waals surface area contributed by atoms with E-state index in [1.54, 1.807) is 55.8 Å². The summed E-state index contributed by atoms with van der Waals surface area (Å²) in [6.07, 6.45) is -0.885. The minimum atomic E-state index is -4.56. The largest absolute Gasteiger partial charge is 0.493 e. The first kappa shape index (κ1) is 27.1. The number of methoxy groups -OCH3 is 2. The van der Waals surface area contributed by atoms with Crippen LogP contribution in [0.1, 0.15) is 23.0 Å². The summed E-state index contributed by atoms with van der Waals surface area (Å²) in [5, 5.41) is 10.8. The van der Waals surface area contributed by atoms with Crippen molar-refractivity contribution >= 4 is 22.5 Å². The van der Waals surface area contributed by atoms with Crippen LogP contribution in [-0.2, 0) is 0 Å². The monoisotopic (exact) mass is 557 g/mol. The normalized spacial score (nSPS) is 15.2. The quantitative estimate of drug-likeness (QED) is 0.297. The van der Waals surface area contributed by atoms with Gasteiger partial charge in [-0.05, 0) is 49.4 Å². The van der Waals surface area contributed by atoms with Crippen LogP contribution in [0.2, 0.25) is 0 Å². The molecule has 210 valence electrons. The highest BCUT2D eigenvalue weighted by Gasteiger charge is 2.31. The highest BCUT2D eigenvalue weighted by molar-refractivity contribution is 6.04. The zero-order valence-corrected chi connectivity index (χ0v) is 21.6. The molecule has 1 fully saturated rings. The molecule has 10 nitrogen and oxygen atoms in total. The molecule has 1 atom stereocenters. The molecule has 1 aliphatic rings. The molecule has 5 rings (SSSR count). The van der Waals surface area contributed by atoms with E-state index in [9.17, 15) is 18.0 Å². The first-order chi connectivity index (χ1) is 19.2. The van der Waals surface area contributed by atoms with E-state index < -0.39 is 18.7 Å². The maximum absolute atomic E-state index is 13.0. The predicted molar refractivity (Wildman–Crippen MR) is 140 cm³/mol. The van der Waals surface area contributed by atoms with Crippen molar-refractivity contribution in [3.05, 3.63) is 60.6 Å². The standard InChI is InChI=1S/C27H26F3N5O5/c1-37-22-11-19-20(12-23(22)38-2)32-10-8-21(19)40-18-5-3-16(4-6-18)33-26(36)25-24(39-15-27(28,29)30)14-35(34-25)17-7-9-31-13-17/h3-6,8,10-12,14,17,31H,7,9,13,15H2,1-2H3,(H,33,36). The van der Waals surface area contributed by atoms with E-state index >= 15 is 0 Å². The Labute approximate surface area is 227 Å². The number of carbonyl (C=O) groups excluding carboxylic acids is 1. The molecule has 2 N–H and O–H groups in total. The lowest BCUT2D eigenvalue weighted by Crippen LogP contribution is -2.21. The number of pyridine rings is 1.